The minimum atomic E-state index is -0.684. The van der Waals surface area contributed by atoms with E-state index in [0.29, 0.717) is 10.7 Å². The molecule has 9 heteroatoms. The average molecular weight is 344 g/mol. The minimum Gasteiger partial charge on any atom is -0.500 e. The second-order valence-corrected chi connectivity index (χ2v) is 5.74. The van der Waals surface area contributed by atoms with Gasteiger partial charge in [0.2, 0.25) is 10.9 Å². The fourth-order valence-corrected chi connectivity index (χ4v) is 2.88. The summed E-state index contributed by atoms with van der Waals surface area (Å²) < 4.78 is 5.96. The van der Waals surface area contributed by atoms with Gasteiger partial charge in [0.25, 0.3) is 0 Å². The number of phenolic OH excluding ortho intramolecular Hbond substituents is 1. The number of ether oxygens (including phenoxy) is 1. The molecule has 0 spiro atoms. The number of nitrogens with zero attached hydrogens (tertiary/aromatic N) is 3. The van der Waals surface area contributed by atoms with Crippen molar-refractivity contribution in [3.63, 3.8) is 0 Å². The van der Waals surface area contributed by atoms with Gasteiger partial charge < -0.3 is 9.84 Å². The number of methoxy groups -OCH3 is 1. The van der Waals surface area contributed by atoms with Crippen molar-refractivity contribution in [1.82, 2.24) is 4.98 Å². The maximum atomic E-state index is 11.0. The van der Waals surface area contributed by atoms with Crippen LogP contribution in [0.3, 0.4) is 0 Å². The maximum absolute atomic E-state index is 11.0. The molecule has 0 saturated heterocycles. The first-order valence-electron chi connectivity index (χ1n) is 6.78. The van der Waals surface area contributed by atoms with Crippen molar-refractivity contribution >= 4 is 38.6 Å². The lowest BCUT2D eigenvalue weighted by atomic mass is 10.2. The molecule has 0 radical (unpaired) electrons. The SMILES string of the molecule is COc1cc(/C=N/Nc2nc3ccccc3s2)cc([N+](=O)[O-])c1O. The molecule has 0 amide bonds. The highest BCUT2D eigenvalue weighted by atomic mass is 32.1. The van der Waals surface area contributed by atoms with E-state index in [1.165, 1.54) is 36.8 Å². The predicted molar refractivity (Wildman–Crippen MR) is 92.1 cm³/mol. The summed E-state index contributed by atoms with van der Waals surface area (Å²) in [4.78, 5) is 14.6. The number of phenols is 1. The molecule has 3 aromatic rings. The Morgan fingerprint density at radius 2 is 2.21 bits per heavy atom. The summed E-state index contributed by atoms with van der Waals surface area (Å²) in [6, 6.07) is 10.3. The molecule has 24 heavy (non-hydrogen) atoms. The molecule has 8 nitrogen and oxygen atoms in total. The van der Waals surface area contributed by atoms with Gasteiger partial charge in [-0.05, 0) is 18.2 Å². The Balaban J connectivity index is 1.83. The number of aromatic hydroxyl groups is 1. The van der Waals surface area contributed by atoms with Crippen LogP contribution in [0.5, 0.6) is 11.5 Å². The average Bonchev–Trinajstić information content (AvgIpc) is 2.98. The van der Waals surface area contributed by atoms with Crippen LogP contribution >= 0.6 is 11.3 Å². The normalized spacial score (nSPS) is 11.0. The number of hydrazone groups is 1. The number of hydrogen-bond acceptors (Lipinski definition) is 8. The summed E-state index contributed by atoms with van der Waals surface area (Å²) in [6.07, 6.45) is 1.39. The summed E-state index contributed by atoms with van der Waals surface area (Å²) in [7, 11) is 1.32. The van der Waals surface area contributed by atoms with Crippen molar-refractivity contribution in [3.05, 3.63) is 52.1 Å². The van der Waals surface area contributed by atoms with Crippen LogP contribution in [-0.2, 0) is 0 Å². The number of nitro benzene ring substituents is 1. The van der Waals surface area contributed by atoms with Gasteiger partial charge in [-0.3, -0.25) is 15.5 Å². The van der Waals surface area contributed by atoms with Crippen LogP contribution in [0.4, 0.5) is 10.8 Å². The number of para-hydroxylation sites is 1. The molecule has 0 aliphatic carbocycles. The number of anilines is 1. The number of nitrogens with one attached hydrogen (secondary N) is 1. The van der Waals surface area contributed by atoms with Gasteiger partial charge in [0.05, 0.1) is 28.5 Å². The molecule has 3 rings (SSSR count). The summed E-state index contributed by atoms with van der Waals surface area (Å²) in [5.41, 5.74) is 3.61. The molecule has 0 fully saturated rings. The van der Waals surface area contributed by atoms with Gasteiger partial charge >= 0.3 is 5.69 Å². The fourth-order valence-electron chi connectivity index (χ4n) is 2.07. The topological polar surface area (TPSA) is 110 Å². The molecular weight excluding hydrogens is 332 g/mol. The monoisotopic (exact) mass is 344 g/mol. The van der Waals surface area contributed by atoms with Crippen LogP contribution in [0.25, 0.3) is 10.2 Å². The van der Waals surface area contributed by atoms with Crippen molar-refractivity contribution in [1.29, 1.82) is 0 Å². The first-order chi connectivity index (χ1) is 11.6. The van der Waals surface area contributed by atoms with E-state index in [-0.39, 0.29) is 5.75 Å². The number of benzene rings is 2. The van der Waals surface area contributed by atoms with Crippen LogP contribution in [0.2, 0.25) is 0 Å². The molecule has 0 bridgehead atoms. The van der Waals surface area contributed by atoms with E-state index >= 15 is 0 Å². The quantitative estimate of drug-likeness (QED) is 0.417. The predicted octanol–water partition coefficient (Wildman–Crippen LogP) is 3.36. The summed E-state index contributed by atoms with van der Waals surface area (Å²) >= 11 is 1.44. The number of nitro groups is 1. The Labute approximate surface area is 140 Å². The molecule has 2 N–H and O–H groups in total. The molecule has 2 aromatic carbocycles. The van der Waals surface area contributed by atoms with E-state index in [0.717, 1.165) is 10.2 Å². The van der Waals surface area contributed by atoms with Gasteiger partial charge in [-0.1, -0.05) is 23.5 Å². The lowest BCUT2D eigenvalue weighted by Crippen LogP contribution is -1.96. The zero-order valence-electron chi connectivity index (χ0n) is 12.5. The second kappa shape index (κ2) is 6.50. The summed E-state index contributed by atoms with van der Waals surface area (Å²) in [5, 5.41) is 25.3. The third-order valence-corrected chi connectivity index (χ3v) is 4.10. The molecule has 1 heterocycles. The Bertz CT molecular complexity index is 905. The van der Waals surface area contributed by atoms with E-state index < -0.39 is 16.4 Å². The molecule has 1 aromatic heterocycles. The molecule has 122 valence electrons. The molecule has 0 aliphatic rings. The molecule has 0 atom stereocenters. The summed E-state index contributed by atoms with van der Waals surface area (Å²) in [5.74, 6) is -0.510. The molecule has 0 saturated carbocycles. The van der Waals surface area contributed by atoms with Crippen molar-refractivity contribution in [2.75, 3.05) is 12.5 Å². The largest absolute Gasteiger partial charge is 0.500 e. The second-order valence-electron chi connectivity index (χ2n) is 4.70. The Morgan fingerprint density at radius 1 is 1.42 bits per heavy atom. The van der Waals surface area contributed by atoms with E-state index in [4.69, 9.17) is 4.74 Å². The number of hydrogen-bond donors (Lipinski definition) is 2. The number of rotatable bonds is 5. The highest BCUT2D eigenvalue weighted by Gasteiger charge is 2.19. The van der Waals surface area contributed by atoms with Crippen LogP contribution in [-0.4, -0.2) is 28.3 Å². The van der Waals surface area contributed by atoms with E-state index in [9.17, 15) is 15.2 Å². The van der Waals surface area contributed by atoms with Gasteiger partial charge in [-0.25, -0.2) is 4.98 Å². The Morgan fingerprint density at radius 3 is 2.92 bits per heavy atom. The van der Waals surface area contributed by atoms with Gasteiger partial charge in [-0.15, -0.1) is 0 Å². The summed E-state index contributed by atoms with van der Waals surface area (Å²) in [6.45, 7) is 0. The van der Waals surface area contributed by atoms with Crippen LogP contribution < -0.4 is 10.2 Å². The third kappa shape index (κ3) is 3.10. The van der Waals surface area contributed by atoms with Crippen molar-refractivity contribution in [3.8, 4) is 11.5 Å². The van der Waals surface area contributed by atoms with Crippen molar-refractivity contribution < 1.29 is 14.8 Å². The highest BCUT2D eigenvalue weighted by molar-refractivity contribution is 7.22. The van der Waals surface area contributed by atoms with Gasteiger partial charge in [-0.2, -0.15) is 5.10 Å². The maximum Gasteiger partial charge on any atom is 0.315 e. The minimum absolute atomic E-state index is 0.00522. The number of fused-ring (bicyclic) bond motifs is 1. The van der Waals surface area contributed by atoms with Crippen LogP contribution in [0, 0.1) is 10.1 Å². The fraction of sp³-hybridized carbons (Fsp3) is 0.0667. The zero-order chi connectivity index (χ0) is 17.1. The molecular formula is C15H12N4O4S. The number of aromatic nitrogens is 1. The van der Waals surface area contributed by atoms with Gasteiger partial charge in [0.1, 0.15) is 0 Å². The first kappa shape index (κ1) is 15.7. The van der Waals surface area contributed by atoms with Crippen molar-refractivity contribution in [2.45, 2.75) is 0 Å². The Kier molecular flexibility index (Phi) is 4.25. The van der Waals surface area contributed by atoms with E-state index in [2.05, 4.69) is 15.5 Å². The highest BCUT2D eigenvalue weighted by Crippen LogP contribution is 2.36. The van der Waals surface area contributed by atoms with Crippen LogP contribution in [0.15, 0.2) is 41.5 Å². The van der Waals surface area contributed by atoms with Gasteiger partial charge in [0, 0.05) is 11.6 Å². The van der Waals surface area contributed by atoms with Crippen LogP contribution in [0.1, 0.15) is 5.56 Å². The van der Waals surface area contributed by atoms with Crippen molar-refractivity contribution in [2.24, 2.45) is 5.10 Å². The third-order valence-electron chi connectivity index (χ3n) is 3.16. The standard InChI is InChI=1S/C15H12N4O4S/c1-23-12-7-9(6-11(14(12)20)19(21)22)8-16-18-15-17-10-4-2-3-5-13(10)24-15/h2-8,20H,1H3,(H,17,18)/b16-8+. The number of thiazole rings is 1. The smallest absolute Gasteiger partial charge is 0.315 e. The lowest BCUT2D eigenvalue weighted by Gasteiger charge is -2.04. The van der Waals surface area contributed by atoms with E-state index in [1.807, 2.05) is 24.3 Å². The van der Waals surface area contributed by atoms with E-state index in [1.54, 1.807) is 0 Å². The molecule has 0 unspecified atom stereocenters. The zero-order valence-corrected chi connectivity index (χ0v) is 13.3. The van der Waals surface area contributed by atoms with Gasteiger partial charge in [0.15, 0.2) is 5.75 Å². The first-order valence-corrected chi connectivity index (χ1v) is 7.60. The Hall–Kier alpha value is -3.20. The lowest BCUT2D eigenvalue weighted by molar-refractivity contribution is -0.386. The molecule has 0 aliphatic heterocycles.